The highest BCUT2D eigenvalue weighted by molar-refractivity contribution is 5.97. The predicted molar refractivity (Wildman–Crippen MR) is 107 cm³/mol. The van der Waals surface area contributed by atoms with E-state index in [-0.39, 0.29) is 5.91 Å². The molecule has 0 unspecified atom stereocenters. The maximum absolute atomic E-state index is 13.2. The Morgan fingerprint density at radius 2 is 1.75 bits per heavy atom. The van der Waals surface area contributed by atoms with Crippen molar-refractivity contribution in [1.29, 1.82) is 0 Å². The Hall–Kier alpha value is -2.93. The van der Waals surface area contributed by atoms with Crippen LogP contribution in [0, 0.1) is 13.8 Å². The summed E-state index contributed by atoms with van der Waals surface area (Å²) >= 11 is 0. The first kappa shape index (κ1) is 18.4. The van der Waals surface area contributed by atoms with E-state index in [1.165, 1.54) is 5.56 Å². The monoisotopic (exact) mass is 378 g/mol. The van der Waals surface area contributed by atoms with Gasteiger partial charge in [-0.3, -0.25) is 19.4 Å². The molecule has 0 N–H and O–H groups in total. The number of nitrogens with zero attached hydrogens (tertiary/aromatic N) is 6. The number of amides is 1. The third-order valence-electron chi connectivity index (χ3n) is 5.41. The van der Waals surface area contributed by atoms with Crippen LogP contribution in [-0.4, -0.2) is 61.2 Å². The molecule has 0 atom stereocenters. The molecule has 1 amide bonds. The highest BCUT2D eigenvalue weighted by Gasteiger charge is 2.27. The zero-order valence-electron chi connectivity index (χ0n) is 16.7. The average Bonchev–Trinajstić information content (AvgIpc) is 3.24. The van der Waals surface area contributed by atoms with Crippen molar-refractivity contribution in [1.82, 2.24) is 29.1 Å². The Kier molecular flexibility index (Phi) is 5.00. The lowest BCUT2D eigenvalue weighted by Gasteiger charge is -2.34. The van der Waals surface area contributed by atoms with Crippen LogP contribution in [0.4, 0.5) is 0 Å². The van der Waals surface area contributed by atoms with Crippen LogP contribution in [0.25, 0.3) is 5.82 Å². The number of aryl methyl sites for hydroxylation is 3. The van der Waals surface area contributed by atoms with Gasteiger partial charge in [-0.25, -0.2) is 0 Å². The number of carbonyl (C=O) groups is 1. The molecule has 0 aromatic carbocycles. The van der Waals surface area contributed by atoms with Gasteiger partial charge < -0.3 is 9.47 Å². The zero-order valence-corrected chi connectivity index (χ0v) is 16.7. The third kappa shape index (κ3) is 3.45. The van der Waals surface area contributed by atoms with Gasteiger partial charge in [0.1, 0.15) is 11.4 Å². The van der Waals surface area contributed by atoms with Crippen molar-refractivity contribution in [3.63, 3.8) is 0 Å². The first-order valence-electron chi connectivity index (χ1n) is 9.62. The largest absolute Gasteiger partial charge is 0.336 e. The van der Waals surface area contributed by atoms with E-state index in [0.717, 1.165) is 49.9 Å². The topological polar surface area (TPSA) is 59.2 Å². The van der Waals surface area contributed by atoms with Gasteiger partial charge in [0, 0.05) is 63.6 Å². The maximum atomic E-state index is 13.2. The molecule has 0 spiro atoms. The minimum atomic E-state index is 0.0524. The van der Waals surface area contributed by atoms with Gasteiger partial charge >= 0.3 is 0 Å². The van der Waals surface area contributed by atoms with Crippen LogP contribution in [0.1, 0.15) is 27.3 Å². The second-order valence-corrected chi connectivity index (χ2v) is 7.39. The van der Waals surface area contributed by atoms with E-state index in [9.17, 15) is 4.79 Å². The summed E-state index contributed by atoms with van der Waals surface area (Å²) in [5.74, 6) is 0.888. The molecule has 1 aliphatic rings. The summed E-state index contributed by atoms with van der Waals surface area (Å²) in [4.78, 5) is 21.7. The molecule has 0 bridgehead atoms. The number of hydrogen-bond donors (Lipinski definition) is 0. The molecule has 1 fully saturated rings. The standard InChI is InChI=1S/C21H26N6O/c1-16-6-7-17(2)27(16)20-19(14-23-24(20)3)21(28)26-11-9-25(10-12-26)15-18-5-4-8-22-13-18/h4-8,13-14H,9-12,15H2,1-3H3. The van der Waals surface area contributed by atoms with Crippen molar-refractivity contribution in [2.24, 2.45) is 7.05 Å². The SMILES string of the molecule is Cc1ccc(C)n1-c1c(C(=O)N2CCN(Cc3cccnc3)CC2)cnn1C. The predicted octanol–water partition coefficient (Wildman–Crippen LogP) is 2.18. The fourth-order valence-corrected chi connectivity index (χ4v) is 3.88. The lowest BCUT2D eigenvalue weighted by Crippen LogP contribution is -2.48. The van der Waals surface area contributed by atoms with Crippen molar-refractivity contribution in [3.8, 4) is 5.82 Å². The molecule has 7 heteroatoms. The van der Waals surface area contributed by atoms with Gasteiger partial charge in [-0.15, -0.1) is 0 Å². The first-order chi connectivity index (χ1) is 13.5. The summed E-state index contributed by atoms with van der Waals surface area (Å²) in [6, 6.07) is 8.18. The van der Waals surface area contributed by atoms with Gasteiger partial charge in [-0.05, 0) is 37.6 Å². The van der Waals surface area contributed by atoms with Crippen LogP contribution < -0.4 is 0 Å². The number of hydrogen-bond acceptors (Lipinski definition) is 4. The van der Waals surface area contributed by atoms with E-state index >= 15 is 0 Å². The van der Waals surface area contributed by atoms with Gasteiger partial charge in [0.25, 0.3) is 5.91 Å². The number of rotatable bonds is 4. The highest BCUT2D eigenvalue weighted by atomic mass is 16.2. The second-order valence-electron chi connectivity index (χ2n) is 7.39. The Labute approximate surface area is 165 Å². The lowest BCUT2D eigenvalue weighted by atomic mass is 10.2. The summed E-state index contributed by atoms with van der Waals surface area (Å²) in [6.07, 6.45) is 5.39. The molecule has 3 aromatic rings. The normalized spacial score (nSPS) is 15.2. The van der Waals surface area contributed by atoms with E-state index in [1.54, 1.807) is 17.1 Å². The van der Waals surface area contributed by atoms with Crippen molar-refractivity contribution in [2.45, 2.75) is 20.4 Å². The van der Waals surface area contributed by atoms with Crippen LogP contribution in [0.15, 0.2) is 42.9 Å². The quantitative estimate of drug-likeness (QED) is 0.698. The van der Waals surface area contributed by atoms with E-state index in [1.807, 2.05) is 38.1 Å². The molecule has 4 rings (SSSR count). The first-order valence-corrected chi connectivity index (χ1v) is 9.62. The Balaban J connectivity index is 1.48. The van der Waals surface area contributed by atoms with Crippen molar-refractivity contribution < 1.29 is 4.79 Å². The van der Waals surface area contributed by atoms with Crippen molar-refractivity contribution in [2.75, 3.05) is 26.2 Å². The minimum Gasteiger partial charge on any atom is -0.336 e. The molecule has 28 heavy (non-hydrogen) atoms. The van der Waals surface area contributed by atoms with E-state index < -0.39 is 0 Å². The molecule has 0 aliphatic carbocycles. The van der Waals surface area contributed by atoms with E-state index in [0.29, 0.717) is 5.56 Å². The maximum Gasteiger partial charge on any atom is 0.259 e. The van der Waals surface area contributed by atoms with Crippen LogP contribution >= 0.6 is 0 Å². The second kappa shape index (κ2) is 7.59. The van der Waals surface area contributed by atoms with Gasteiger partial charge in [-0.1, -0.05) is 6.07 Å². The average molecular weight is 378 g/mol. The fourth-order valence-electron chi connectivity index (χ4n) is 3.88. The lowest BCUT2D eigenvalue weighted by molar-refractivity contribution is 0.0628. The molecule has 7 nitrogen and oxygen atoms in total. The molecule has 4 heterocycles. The third-order valence-corrected chi connectivity index (χ3v) is 5.41. The fraction of sp³-hybridized carbons (Fsp3) is 0.381. The van der Waals surface area contributed by atoms with Crippen LogP contribution in [0.3, 0.4) is 0 Å². The Morgan fingerprint density at radius 3 is 2.39 bits per heavy atom. The molecule has 1 aliphatic heterocycles. The molecule has 0 saturated carbocycles. The molecular formula is C21H26N6O. The molecule has 1 saturated heterocycles. The number of aromatic nitrogens is 4. The summed E-state index contributed by atoms with van der Waals surface area (Å²) in [5, 5.41) is 4.37. The highest BCUT2D eigenvalue weighted by Crippen LogP contribution is 2.22. The Bertz CT molecular complexity index is 947. The minimum absolute atomic E-state index is 0.0524. The number of carbonyl (C=O) groups excluding carboxylic acids is 1. The molecular weight excluding hydrogens is 352 g/mol. The smallest absolute Gasteiger partial charge is 0.259 e. The van der Waals surface area contributed by atoms with Gasteiger partial charge in [0.2, 0.25) is 0 Å². The summed E-state index contributed by atoms with van der Waals surface area (Å²) in [6.45, 7) is 8.12. The molecule has 146 valence electrons. The van der Waals surface area contributed by atoms with Gasteiger partial charge in [0.05, 0.1) is 6.20 Å². The number of pyridine rings is 1. The molecule has 3 aromatic heterocycles. The zero-order chi connectivity index (χ0) is 19.7. The molecule has 0 radical (unpaired) electrons. The Morgan fingerprint density at radius 1 is 1.04 bits per heavy atom. The van der Waals surface area contributed by atoms with Crippen molar-refractivity contribution in [3.05, 3.63) is 65.4 Å². The van der Waals surface area contributed by atoms with E-state index in [4.69, 9.17) is 0 Å². The van der Waals surface area contributed by atoms with Gasteiger partial charge in [-0.2, -0.15) is 5.10 Å². The van der Waals surface area contributed by atoms with Crippen LogP contribution in [0.2, 0.25) is 0 Å². The van der Waals surface area contributed by atoms with Crippen LogP contribution in [-0.2, 0) is 13.6 Å². The van der Waals surface area contributed by atoms with Gasteiger partial charge in [0.15, 0.2) is 0 Å². The van der Waals surface area contributed by atoms with E-state index in [2.05, 4.69) is 37.7 Å². The summed E-state index contributed by atoms with van der Waals surface area (Å²) in [5.41, 5.74) is 4.05. The number of piperazine rings is 1. The summed E-state index contributed by atoms with van der Waals surface area (Å²) in [7, 11) is 1.89. The van der Waals surface area contributed by atoms with Crippen LogP contribution in [0.5, 0.6) is 0 Å². The van der Waals surface area contributed by atoms with Crippen molar-refractivity contribution >= 4 is 5.91 Å². The summed E-state index contributed by atoms with van der Waals surface area (Å²) < 4.78 is 3.88.